The lowest BCUT2D eigenvalue weighted by atomic mass is 10.1. The molecule has 1 atom stereocenters. The Morgan fingerprint density at radius 2 is 2.29 bits per heavy atom. The summed E-state index contributed by atoms with van der Waals surface area (Å²) in [5, 5.41) is 9.52. The Labute approximate surface area is 84.8 Å². The fourth-order valence-corrected chi connectivity index (χ4v) is 1.27. The van der Waals surface area contributed by atoms with Crippen molar-refractivity contribution in [1.82, 2.24) is 0 Å². The first kappa shape index (κ1) is 10.8. The van der Waals surface area contributed by atoms with Crippen molar-refractivity contribution < 1.29 is 9.84 Å². The minimum absolute atomic E-state index is 0.461. The molecule has 76 valence electrons. The molecule has 0 aromatic heterocycles. The van der Waals surface area contributed by atoms with E-state index in [4.69, 9.17) is 4.74 Å². The standard InChI is InChI=1S/C12H16O2/c1-4-7-14-12-6-5-9(2)8-11(12)10(3)13/h4-6,8,10,13H,1,7H2,2-3H3. The molecule has 0 fully saturated rings. The van der Waals surface area contributed by atoms with E-state index in [0.717, 1.165) is 16.9 Å². The van der Waals surface area contributed by atoms with Crippen molar-refractivity contribution in [3.63, 3.8) is 0 Å². The Morgan fingerprint density at radius 3 is 2.86 bits per heavy atom. The van der Waals surface area contributed by atoms with Gasteiger partial charge in [-0.05, 0) is 26.0 Å². The van der Waals surface area contributed by atoms with Gasteiger partial charge in [0.2, 0.25) is 0 Å². The van der Waals surface area contributed by atoms with E-state index in [1.54, 1.807) is 13.0 Å². The van der Waals surface area contributed by atoms with Crippen LogP contribution in [0.3, 0.4) is 0 Å². The molecule has 0 radical (unpaired) electrons. The SMILES string of the molecule is C=CCOc1ccc(C)cc1C(C)O. The third-order valence-corrected chi connectivity index (χ3v) is 1.97. The lowest BCUT2D eigenvalue weighted by molar-refractivity contribution is 0.193. The molecule has 2 nitrogen and oxygen atoms in total. The van der Waals surface area contributed by atoms with Crippen LogP contribution >= 0.6 is 0 Å². The van der Waals surface area contributed by atoms with Gasteiger partial charge in [0.05, 0.1) is 6.10 Å². The molecule has 2 heteroatoms. The summed E-state index contributed by atoms with van der Waals surface area (Å²) in [6.45, 7) is 7.76. The number of rotatable bonds is 4. The van der Waals surface area contributed by atoms with Crippen LogP contribution in [0, 0.1) is 6.92 Å². The fourth-order valence-electron chi connectivity index (χ4n) is 1.27. The molecular formula is C12H16O2. The molecule has 0 spiro atoms. The average molecular weight is 192 g/mol. The molecular weight excluding hydrogens is 176 g/mol. The Balaban J connectivity index is 2.95. The van der Waals surface area contributed by atoms with Crippen LogP contribution in [0.25, 0.3) is 0 Å². The van der Waals surface area contributed by atoms with Crippen molar-refractivity contribution in [3.05, 3.63) is 42.0 Å². The third kappa shape index (κ3) is 2.60. The predicted molar refractivity (Wildman–Crippen MR) is 57.5 cm³/mol. The van der Waals surface area contributed by atoms with Gasteiger partial charge in [-0.3, -0.25) is 0 Å². The highest BCUT2D eigenvalue weighted by molar-refractivity contribution is 5.38. The van der Waals surface area contributed by atoms with Crippen LogP contribution < -0.4 is 4.74 Å². The van der Waals surface area contributed by atoms with Gasteiger partial charge >= 0.3 is 0 Å². The summed E-state index contributed by atoms with van der Waals surface area (Å²) < 4.78 is 5.42. The smallest absolute Gasteiger partial charge is 0.125 e. The molecule has 0 amide bonds. The summed E-state index contributed by atoms with van der Waals surface area (Å²) in [5.41, 5.74) is 1.94. The maximum Gasteiger partial charge on any atom is 0.125 e. The van der Waals surface area contributed by atoms with Crippen molar-refractivity contribution in [2.24, 2.45) is 0 Å². The van der Waals surface area contributed by atoms with Crippen LogP contribution in [0.4, 0.5) is 0 Å². The fraction of sp³-hybridized carbons (Fsp3) is 0.333. The summed E-state index contributed by atoms with van der Waals surface area (Å²) >= 11 is 0. The molecule has 0 bridgehead atoms. The van der Waals surface area contributed by atoms with E-state index in [1.165, 1.54) is 0 Å². The second-order valence-corrected chi connectivity index (χ2v) is 3.32. The molecule has 1 aromatic carbocycles. The maximum atomic E-state index is 9.52. The Morgan fingerprint density at radius 1 is 1.57 bits per heavy atom. The van der Waals surface area contributed by atoms with Crippen LogP contribution in [0.5, 0.6) is 5.75 Å². The first-order valence-corrected chi connectivity index (χ1v) is 4.67. The topological polar surface area (TPSA) is 29.5 Å². The first-order chi connectivity index (χ1) is 6.65. The summed E-state index contributed by atoms with van der Waals surface area (Å²) in [4.78, 5) is 0. The first-order valence-electron chi connectivity index (χ1n) is 4.67. The number of aliphatic hydroxyl groups is 1. The zero-order chi connectivity index (χ0) is 10.6. The monoisotopic (exact) mass is 192 g/mol. The van der Waals surface area contributed by atoms with Gasteiger partial charge in [-0.15, -0.1) is 0 Å². The number of benzene rings is 1. The van der Waals surface area contributed by atoms with Crippen molar-refractivity contribution in [1.29, 1.82) is 0 Å². The highest BCUT2D eigenvalue weighted by Crippen LogP contribution is 2.26. The normalized spacial score (nSPS) is 12.2. The van der Waals surface area contributed by atoms with Crippen LogP contribution in [-0.2, 0) is 0 Å². The minimum Gasteiger partial charge on any atom is -0.489 e. The highest BCUT2D eigenvalue weighted by atomic mass is 16.5. The maximum absolute atomic E-state index is 9.52. The molecule has 1 rings (SSSR count). The summed E-state index contributed by atoms with van der Waals surface area (Å²) in [5.74, 6) is 0.727. The lowest BCUT2D eigenvalue weighted by Gasteiger charge is -2.12. The molecule has 0 aliphatic carbocycles. The third-order valence-electron chi connectivity index (χ3n) is 1.97. The van der Waals surface area contributed by atoms with Gasteiger partial charge in [0.25, 0.3) is 0 Å². The molecule has 0 saturated heterocycles. The van der Waals surface area contributed by atoms with Crippen molar-refractivity contribution in [3.8, 4) is 5.75 Å². The Bertz CT molecular complexity index is 316. The van der Waals surface area contributed by atoms with E-state index in [0.29, 0.717) is 6.61 Å². The zero-order valence-corrected chi connectivity index (χ0v) is 8.66. The minimum atomic E-state index is -0.505. The number of hydrogen-bond acceptors (Lipinski definition) is 2. The van der Waals surface area contributed by atoms with E-state index in [-0.39, 0.29) is 0 Å². The van der Waals surface area contributed by atoms with Crippen LogP contribution in [0.2, 0.25) is 0 Å². The second kappa shape index (κ2) is 4.82. The van der Waals surface area contributed by atoms with Gasteiger partial charge in [-0.1, -0.05) is 24.3 Å². The van der Waals surface area contributed by atoms with Crippen LogP contribution in [0.1, 0.15) is 24.2 Å². The van der Waals surface area contributed by atoms with Crippen molar-refractivity contribution >= 4 is 0 Å². The molecule has 0 aliphatic heterocycles. The molecule has 1 unspecified atom stereocenters. The quantitative estimate of drug-likeness (QED) is 0.743. The molecule has 0 heterocycles. The number of ether oxygens (including phenoxy) is 1. The molecule has 1 aromatic rings. The predicted octanol–water partition coefficient (Wildman–Crippen LogP) is 2.61. The summed E-state index contributed by atoms with van der Waals surface area (Å²) in [6, 6.07) is 5.77. The number of hydrogen-bond donors (Lipinski definition) is 1. The van der Waals surface area contributed by atoms with Crippen LogP contribution in [0.15, 0.2) is 30.9 Å². The Kier molecular flexibility index (Phi) is 3.72. The van der Waals surface area contributed by atoms with Crippen molar-refractivity contribution in [2.75, 3.05) is 6.61 Å². The van der Waals surface area contributed by atoms with E-state index in [1.807, 2.05) is 25.1 Å². The van der Waals surface area contributed by atoms with E-state index in [9.17, 15) is 5.11 Å². The average Bonchev–Trinajstić information content (AvgIpc) is 2.15. The van der Waals surface area contributed by atoms with Crippen molar-refractivity contribution in [2.45, 2.75) is 20.0 Å². The van der Waals surface area contributed by atoms with Gasteiger partial charge in [-0.25, -0.2) is 0 Å². The van der Waals surface area contributed by atoms with Gasteiger partial charge in [0, 0.05) is 5.56 Å². The number of aliphatic hydroxyl groups excluding tert-OH is 1. The molecule has 1 N–H and O–H groups in total. The van der Waals surface area contributed by atoms with Gasteiger partial charge in [0.1, 0.15) is 12.4 Å². The molecule has 0 saturated carbocycles. The Hall–Kier alpha value is -1.28. The van der Waals surface area contributed by atoms with Gasteiger partial charge in [-0.2, -0.15) is 0 Å². The summed E-state index contributed by atoms with van der Waals surface area (Å²) in [6.07, 6.45) is 1.18. The molecule has 0 aliphatic rings. The largest absolute Gasteiger partial charge is 0.489 e. The van der Waals surface area contributed by atoms with Crippen LogP contribution in [-0.4, -0.2) is 11.7 Å². The number of aryl methyl sites for hydroxylation is 1. The highest BCUT2D eigenvalue weighted by Gasteiger charge is 2.08. The lowest BCUT2D eigenvalue weighted by Crippen LogP contribution is -2.00. The zero-order valence-electron chi connectivity index (χ0n) is 8.66. The van der Waals surface area contributed by atoms with Gasteiger partial charge < -0.3 is 9.84 Å². The van der Waals surface area contributed by atoms with E-state index < -0.39 is 6.10 Å². The molecule has 14 heavy (non-hydrogen) atoms. The van der Waals surface area contributed by atoms with Gasteiger partial charge in [0.15, 0.2) is 0 Å². The van der Waals surface area contributed by atoms with E-state index >= 15 is 0 Å². The summed E-state index contributed by atoms with van der Waals surface area (Å²) in [7, 11) is 0. The van der Waals surface area contributed by atoms with E-state index in [2.05, 4.69) is 6.58 Å². The second-order valence-electron chi connectivity index (χ2n) is 3.32.